The number of fused-ring (bicyclic) bond motifs is 1. The monoisotopic (exact) mass is 395 g/mol. The van der Waals surface area contributed by atoms with Crippen LogP contribution in [-0.2, 0) is 12.8 Å². The van der Waals surface area contributed by atoms with Crippen LogP contribution in [0.2, 0.25) is 5.02 Å². The first-order valence-corrected chi connectivity index (χ1v) is 9.92. The van der Waals surface area contributed by atoms with Crippen LogP contribution >= 0.6 is 11.6 Å². The zero-order chi connectivity index (χ0) is 19.5. The van der Waals surface area contributed by atoms with Gasteiger partial charge in [-0.2, -0.15) is 5.10 Å². The molecule has 0 spiro atoms. The second-order valence-corrected chi connectivity index (χ2v) is 7.35. The van der Waals surface area contributed by atoms with E-state index in [4.69, 9.17) is 16.3 Å². The minimum absolute atomic E-state index is 0.00960. The molecule has 1 amide bonds. The Labute approximate surface area is 169 Å². The van der Waals surface area contributed by atoms with Gasteiger partial charge >= 0.3 is 6.09 Å². The molecule has 4 rings (SSSR count). The molecular weight excluding hydrogens is 374 g/mol. The summed E-state index contributed by atoms with van der Waals surface area (Å²) in [5.41, 5.74) is 4.21. The molecule has 1 aliphatic carbocycles. The van der Waals surface area contributed by atoms with Crippen molar-refractivity contribution in [2.24, 2.45) is 0 Å². The Kier molecular flexibility index (Phi) is 5.35. The van der Waals surface area contributed by atoms with Gasteiger partial charge in [0.05, 0.1) is 23.6 Å². The third-order valence-electron chi connectivity index (χ3n) is 5.02. The highest BCUT2D eigenvalue weighted by atomic mass is 35.5. The molecule has 144 valence electrons. The molecule has 1 N–H and O–H groups in total. The average molecular weight is 396 g/mol. The Balaban J connectivity index is 1.51. The molecule has 1 heterocycles. The SMILES string of the molecule is CCCc1c(OC(=O)NC2CCc3ccccc32)cnn1-c1ccc(Cl)cc1. The van der Waals surface area contributed by atoms with Gasteiger partial charge in [0, 0.05) is 5.02 Å². The summed E-state index contributed by atoms with van der Waals surface area (Å²) < 4.78 is 7.44. The van der Waals surface area contributed by atoms with Gasteiger partial charge in [-0.05, 0) is 54.7 Å². The lowest BCUT2D eigenvalue weighted by atomic mass is 10.1. The third kappa shape index (κ3) is 3.76. The Hall–Kier alpha value is -2.79. The largest absolute Gasteiger partial charge is 0.413 e. The van der Waals surface area contributed by atoms with E-state index < -0.39 is 6.09 Å². The van der Waals surface area contributed by atoms with Gasteiger partial charge in [0.2, 0.25) is 0 Å². The summed E-state index contributed by atoms with van der Waals surface area (Å²) in [4.78, 5) is 12.5. The van der Waals surface area contributed by atoms with Gasteiger partial charge < -0.3 is 10.1 Å². The minimum atomic E-state index is -0.449. The van der Waals surface area contributed by atoms with E-state index in [0.717, 1.165) is 37.1 Å². The van der Waals surface area contributed by atoms with Crippen molar-refractivity contribution in [3.8, 4) is 11.4 Å². The van der Waals surface area contributed by atoms with Crippen LogP contribution in [0.3, 0.4) is 0 Å². The highest BCUT2D eigenvalue weighted by Crippen LogP contribution is 2.31. The summed E-state index contributed by atoms with van der Waals surface area (Å²) in [7, 11) is 0. The maximum Gasteiger partial charge on any atom is 0.413 e. The predicted octanol–water partition coefficient (Wildman–Crippen LogP) is 5.25. The van der Waals surface area contributed by atoms with Crippen LogP contribution in [-0.4, -0.2) is 15.9 Å². The molecule has 1 atom stereocenters. The van der Waals surface area contributed by atoms with Crippen molar-refractivity contribution >= 4 is 17.7 Å². The fraction of sp³-hybridized carbons (Fsp3) is 0.273. The van der Waals surface area contributed by atoms with Crippen molar-refractivity contribution in [3.05, 3.63) is 76.6 Å². The van der Waals surface area contributed by atoms with Gasteiger partial charge in [-0.25, -0.2) is 9.48 Å². The van der Waals surface area contributed by atoms with Gasteiger partial charge in [0.25, 0.3) is 0 Å². The molecule has 5 nitrogen and oxygen atoms in total. The molecule has 1 aromatic heterocycles. The number of aromatic nitrogens is 2. The van der Waals surface area contributed by atoms with Crippen LogP contribution in [0.15, 0.2) is 54.7 Å². The molecular formula is C22H22ClN3O2. The lowest BCUT2D eigenvalue weighted by Gasteiger charge is -2.14. The number of hydrogen-bond donors (Lipinski definition) is 1. The van der Waals surface area contributed by atoms with Crippen LogP contribution in [0, 0.1) is 0 Å². The molecule has 3 aromatic rings. The van der Waals surface area contributed by atoms with E-state index in [0.29, 0.717) is 10.8 Å². The topological polar surface area (TPSA) is 56.1 Å². The van der Waals surface area contributed by atoms with Gasteiger partial charge in [0.1, 0.15) is 0 Å². The summed E-state index contributed by atoms with van der Waals surface area (Å²) in [6.45, 7) is 2.08. The standard InChI is InChI=1S/C22H22ClN3O2/c1-2-5-20-21(14-24-26(20)17-11-9-16(23)10-12-17)28-22(27)25-19-13-8-15-6-3-4-7-18(15)19/h3-4,6-7,9-12,14,19H,2,5,8,13H2,1H3,(H,25,27). The molecule has 1 aliphatic rings. The van der Waals surface area contributed by atoms with Crippen molar-refractivity contribution in [1.82, 2.24) is 15.1 Å². The average Bonchev–Trinajstić information content (AvgIpc) is 3.28. The second-order valence-electron chi connectivity index (χ2n) is 6.92. The first kappa shape index (κ1) is 18.6. The molecule has 0 bridgehead atoms. The highest BCUT2D eigenvalue weighted by molar-refractivity contribution is 6.30. The Morgan fingerprint density at radius 3 is 2.82 bits per heavy atom. The molecule has 0 saturated heterocycles. The number of nitrogens with zero attached hydrogens (tertiary/aromatic N) is 2. The van der Waals surface area contributed by atoms with Gasteiger partial charge in [-0.3, -0.25) is 0 Å². The molecule has 6 heteroatoms. The first-order valence-electron chi connectivity index (χ1n) is 9.54. The van der Waals surface area contributed by atoms with E-state index in [1.54, 1.807) is 10.9 Å². The maximum atomic E-state index is 12.5. The second kappa shape index (κ2) is 8.07. The lowest BCUT2D eigenvalue weighted by Crippen LogP contribution is -2.30. The van der Waals surface area contributed by atoms with E-state index in [9.17, 15) is 4.79 Å². The van der Waals surface area contributed by atoms with Gasteiger partial charge in [-0.15, -0.1) is 0 Å². The van der Waals surface area contributed by atoms with E-state index >= 15 is 0 Å². The Bertz CT molecular complexity index is 982. The molecule has 2 aromatic carbocycles. The number of amides is 1. The van der Waals surface area contributed by atoms with Crippen LogP contribution < -0.4 is 10.1 Å². The third-order valence-corrected chi connectivity index (χ3v) is 5.27. The van der Waals surface area contributed by atoms with E-state index in [2.05, 4.69) is 29.5 Å². The molecule has 1 unspecified atom stereocenters. The van der Waals surface area contributed by atoms with Crippen molar-refractivity contribution in [2.45, 2.75) is 38.6 Å². The molecule has 0 fully saturated rings. The number of aryl methyl sites for hydroxylation is 1. The van der Waals surface area contributed by atoms with Crippen LogP contribution in [0.1, 0.15) is 42.6 Å². The number of carbonyl (C=O) groups is 1. The summed E-state index contributed by atoms with van der Waals surface area (Å²) in [6, 6.07) is 15.6. The summed E-state index contributed by atoms with van der Waals surface area (Å²) in [5, 5.41) is 8.09. The predicted molar refractivity (Wildman–Crippen MR) is 109 cm³/mol. The normalized spacial score (nSPS) is 15.3. The molecule has 0 aliphatic heterocycles. The van der Waals surface area contributed by atoms with Crippen molar-refractivity contribution in [2.75, 3.05) is 0 Å². The van der Waals surface area contributed by atoms with Crippen LogP contribution in [0.4, 0.5) is 4.79 Å². The fourth-order valence-corrected chi connectivity index (χ4v) is 3.82. The summed E-state index contributed by atoms with van der Waals surface area (Å²) in [6.07, 6.45) is 4.67. The number of carbonyl (C=O) groups excluding carboxylic acids is 1. The van der Waals surface area contributed by atoms with Crippen molar-refractivity contribution in [3.63, 3.8) is 0 Å². The van der Waals surface area contributed by atoms with E-state index in [-0.39, 0.29) is 6.04 Å². The van der Waals surface area contributed by atoms with Crippen molar-refractivity contribution < 1.29 is 9.53 Å². The molecule has 0 saturated carbocycles. The Morgan fingerprint density at radius 2 is 2.04 bits per heavy atom. The number of rotatable bonds is 5. The van der Waals surface area contributed by atoms with Gasteiger partial charge in [-0.1, -0.05) is 49.2 Å². The van der Waals surface area contributed by atoms with Crippen LogP contribution in [0.5, 0.6) is 5.75 Å². The number of halogens is 1. The zero-order valence-corrected chi connectivity index (χ0v) is 16.4. The lowest BCUT2D eigenvalue weighted by molar-refractivity contribution is 0.195. The highest BCUT2D eigenvalue weighted by Gasteiger charge is 2.25. The zero-order valence-electron chi connectivity index (χ0n) is 15.7. The van der Waals surface area contributed by atoms with Crippen molar-refractivity contribution in [1.29, 1.82) is 0 Å². The quantitative estimate of drug-likeness (QED) is 0.641. The van der Waals surface area contributed by atoms with E-state index in [1.165, 1.54) is 11.1 Å². The number of nitrogens with one attached hydrogen (secondary N) is 1. The summed E-state index contributed by atoms with van der Waals surface area (Å²) in [5.74, 6) is 0.487. The molecule has 0 radical (unpaired) electrons. The Morgan fingerprint density at radius 1 is 1.25 bits per heavy atom. The number of ether oxygens (including phenoxy) is 1. The van der Waals surface area contributed by atoms with Crippen LogP contribution in [0.25, 0.3) is 5.69 Å². The molecule has 28 heavy (non-hydrogen) atoms. The van der Waals surface area contributed by atoms with Gasteiger partial charge in [0.15, 0.2) is 5.75 Å². The minimum Gasteiger partial charge on any atom is -0.407 e. The fourth-order valence-electron chi connectivity index (χ4n) is 3.69. The first-order chi connectivity index (χ1) is 13.7. The maximum absolute atomic E-state index is 12.5. The smallest absolute Gasteiger partial charge is 0.407 e. The number of hydrogen-bond acceptors (Lipinski definition) is 3. The van der Waals surface area contributed by atoms with E-state index in [1.807, 2.05) is 36.4 Å². The summed E-state index contributed by atoms with van der Waals surface area (Å²) >= 11 is 5.98. The number of benzene rings is 2.